The second kappa shape index (κ2) is 8.86. The van der Waals surface area contributed by atoms with Crippen LogP contribution in [0.2, 0.25) is 0 Å². The summed E-state index contributed by atoms with van der Waals surface area (Å²) in [5, 5.41) is 22.5. The molecule has 0 bridgehead atoms. The minimum absolute atomic E-state index is 0. The third kappa shape index (κ3) is 5.91. The number of hydrogen-bond donors (Lipinski definition) is 4. The SMILES string of the molecule is Cl.Cn1cc(CCCNC(=O)N[C@@H]2CCNC[C@H]2O)cn1. The number of nitrogens with zero attached hydrogens (tertiary/aromatic N) is 2. The summed E-state index contributed by atoms with van der Waals surface area (Å²) in [6.45, 7) is 1.97. The molecule has 2 rings (SSSR count). The van der Waals surface area contributed by atoms with Crippen molar-refractivity contribution in [2.75, 3.05) is 19.6 Å². The average molecular weight is 318 g/mol. The molecule has 1 fully saturated rings. The fraction of sp³-hybridized carbons (Fsp3) is 0.692. The van der Waals surface area contributed by atoms with Crippen molar-refractivity contribution in [2.24, 2.45) is 7.05 Å². The molecule has 21 heavy (non-hydrogen) atoms. The Balaban J connectivity index is 0.00000220. The largest absolute Gasteiger partial charge is 0.390 e. The predicted octanol–water partition coefficient (Wildman–Crippen LogP) is -0.203. The first-order chi connectivity index (χ1) is 9.65. The highest BCUT2D eigenvalue weighted by Crippen LogP contribution is 2.03. The minimum Gasteiger partial charge on any atom is -0.390 e. The summed E-state index contributed by atoms with van der Waals surface area (Å²) >= 11 is 0. The molecule has 7 nitrogen and oxygen atoms in total. The van der Waals surface area contributed by atoms with Crippen LogP contribution in [0.15, 0.2) is 12.4 Å². The lowest BCUT2D eigenvalue weighted by molar-refractivity contribution is 0.106. The lowest BCUT2D eigenvalue weighted by Crippen LogP contribution is -2.54. The molecule has 0 unspecified atom stereocenters. The Morgan fingerprint density at radius 1 is 1.62 bits per heavy atom. The van der Waals surface area contributed by atoms with Gasteiger partial charge in [-0.25, -0.2) is 4.79 Å². The Morgan fingerprint density at radius 3 is 3.10 bits per heavy atom. The van der Waals surface area contributed by atoms with Crippen LogP contribution in [-0.4, -0.2) is 52.7 Å². The topological polar surface area (TPSA) is 91.2 Å². The van der Waals surface area contributed by atoms with E-state index in [1.807, 2.05) is 19.4 Å². The number of aryl methyl sites for hydroxylation is 2. The summed E-state index contributed by atoms with van der Waals surface area (Å²) in [5.41, 5.74) is 1.17. The van der Waals surface area contributed by atoms with Crippen molar-refractivity contribution in [3.8, 4) is 0 Å². The molecule has 1 aliphatic rings. The molecule has 2 heterocycles. The Labute approximate surface area is 130 Å². The Kier molecular flexibility index (Phi) is 7.49. The van der Waals surface area contributed by atoms with E-state index in [1.54, 1.807) is 4.68 Å². The number of halogens is 1. The van der Waals surface area contributed by atoms with Crippen LogP contribution in [0.5, 0.6) is 0 Å². The van der Waals surface area contributed by atoms with Crippen molar-refractivity contribution in [1.82, 2.24) is 25.7 Å². The number of hydrogen-bond acceptors (Lipinski definition) is 4. The van der Waals surface area contributed by atoms with Crippen LogP contribution >= 0.6 is 12.4 Å². The molecule has 8 heteroatoms. The lowest BCUT2D eigenvalue weighted by Gasteiger charge is -2.29. The molecule has 1 aliphatic heterocycles. The van der Waals surface area contributed by atoms with Gasteiger partial charge < -0.3 is 21.1 Å². The summed E-state index contributed by atoms with van der Waals surface area (Å²) in [6, 6.07) is -0.364. The van der Waals surface area contributed by atoms with E-state index >= 15 is 0 Å². The maximum absolute atomic E-state index is 11.7. The van der Waals surface area contributed by atoms with Gasteiger partial charge in [-0.15, -0.1) is 12.4 Å². The van der Waals surface area contributed by atoms with E-state index in [4.69, 9.17) is 0 Å². The molecule has 1 saturated heterocycles. The quantitative estimate of drug-likeness (QED) is 0.566. The summed E-state index contributed by atoms with van der Waals surface area (Å²) in [6.07, 6.45) is 5.82. The first-order valence-corrected chi connectivity index (χ1v) is 7.06. The Hall–Kier alpha value is -1.31. The van der Waals surface area contributed by atoms with E-state index in [0.29, 0.717) is 13.1 Å². The number of urea groups is 1. The zero-order chi connectivity index (χ0) is 14.4. The highest BCUT2D eigenvalue weighted by atomic mass is 35.5. The number of carbonyl (C=O) groups excluding carboxylic acids is 1. The van der Waals surface area contributed by atoms with Gasteiger partial charge in [-0.2, -0.15) is 5.10 Å². The maximum Gasteiger partial charge on any atom is 0.315 e. The van der Waals surface area contributed by atoms with Gasteiger partial charge in [0.2, 0.25) is 0 Å². The van der Waals surface area contributed by atoms with Crippen molar-refractivity contribution >= 4 is 18.4 Å². The first kappa shape index (κ1) is 17.7. The van der Waals surface area contributed by atoms with Gasteiger partial charge in [-0.1, -0.05) is 0 Å². The van der Waals surface area contributed by atoms with Gasteiger partial charge >= 0.3 is 6.03 Å². The van der Waals surface area contributed by atoms with E-state index < -0.39 is 6.10 Å². The van der Waals surface area contributed by atoms with Crippen LogP contribution in [0.4, 0.5) is 4.79 Å². The molecule has 0 radical (unpaired) electrons. The lowest BCUT2D eigenvalue weighted by atomic mass is 10.0. The molecule has 1 aromatic rings. The van der Waals surface area contributed by atoms with Gasteiger partial charge in [0.25, 0.3) is 0 Å². The molecule has 2 amide bonds. The fourth-order valence-corrected chi connectivity index (χ4v) is 2.33. The average Bonchev–Trinajstić information content (AvgIpc) is 2.83. The first-order valence-electron chi connectivity index (χ1n) is 7.06. The van der Waals surface area contributed by atoms with Gasteiger partial charge in [-0.05, 0) is 31.4 Å². The molecular formula is C13H24ClN5O2. The van der Waals surface area contributed by atoms with Crippen LogP contribution in [0.1, 0.15) is 18.4 Å². The van der Waals surface area contributed by atoms with Crippen LogP contribution < -0.4 is 16.0 Å². The number of rotatable bonds is 5. The summed E-state index contributed by atoms with van der Waals surface area (Å²) in [7, 11) is 1.89. The standard InChI is InChI=1S/C13H23N5O2.ClH/c1-18-9-10(7-16-18)3-2-5-15-13(20)17-11-4-6-14-8-12(11)19;/h7,9,11-12,14,19H,2-6,8H2,1H3,(H2,15,17,20);1H/t11-,12-;/m1./s1. The number of nitrogens with one attached hydrogen (secondary N) is 3. The summed E-state index contributed by atoms with van der Waals surface area (Å²) in [5.74, 6) is 0. The normalized spacial score (nSPS) is 21.4. The van der Waals surface area contributed by atoms with E-state index in [1.165, 1.54) is 5.56 Å². The van der Waals surface area contributed by atoms with Gasteiger partial charge in [0.1, 0.15) is 0 Å². The highest BCUT2D eigenvalue weighted by Gasteiger charge is 2.23. The number of amides is 2. The fourth-order valence-electron chi connectivity index (χ4n) is 2.33. The van der Waals surface area contributed by atoms with Crippen molar-refractivity contribution in [3.63, 3.8) is 0 Å². The number of aliphatic hydroxyl groups is 1. The molecule has 4 N–H and O–H groups in total. The molecule has 2 atom stereocenters. The molecule has 0 aromatic carbocycles. The van der Waals surface area contributed by atoms with Crippen molar-refractivity contribution in [2.45, 2.75) is 31.4 Å². The third-order valence-electron chi connectivity index (χ3n) is 3.45. The van der Waals surface area contributed by atoms with Gasteiger partial charge in [0, 0.05) is 26.3 Å². The molecule has 0 spiro atoms. The monoisotopic (exact) mass is 317 g/mol. The zero-order valence-electron chi connectivity index (χ0n) is 12.2. The highest BCUT2D eigenvalue weighted by molar-refractivity contribution is 5.85. The third-order valence-corrected chi connectivity index (χ3v) is 3.45. The van der Waals surface area contributed by atoms with Gasteiger partial charge in [-0.3, -0.25) is 4.68 Å². The van der Waals surface area contributed by atoms with E-state index in [9.17, 15) is 9.90 Å². The number of β-amino-alcohol motifs (C(OH)–C–C–N with tert-alkyl or cyclic N) is 1. The molecular weight excluding hydrogens is 294 g/mol. The van der Waals surface area contributed by atoms with E-state index in [2.05, 4.69) is 21.0 Å². The predicted molar refractivity (Wildman–Crippen MR) is 82.6 cm³/mol. The smallest absolute Gasteiger partial charge is 0.315 e. The second-order valence-electron chi connectivity index (χ2n) is 5.19. The second-order valence-corrected chi connectivity index (χ2v) is 5.19. The number of carbonyl (C=O) groups is 1. The van der Waals surface area contributed by atoms with Gasteiger partial charge in [0.05, 0.1) is 18.3 Å². The van der Waals surface area contributed by atoms with Crippen LogP contribution in [0, 0.1) is 0 Å². The Morgan fingerprint density at radius 2 is 2.43 bits per heavy atom. The number of aromatic nitrogens is 2. The Bertz CT molecular complexity index is 440. The van der Waals surface area contributed by atoms with Crippen LogP contribution in [0.3, 0.4) is 0 Å². The van der Waals surface area contributed by atoms with Crippen molar-refractivity contribution in [3.05, 3.63) is 18.0 Å². The number of aliphatic hydroxyl groups excluding tert-OH is 1. The van der Waals surface area contributed by atoms with Crippen LogP contribution in [-0.2, 0) is 13.5 Å². The zero-order valence-corrected chi connectivity index (χ0v) is 13.0. The van der Waals surface area contributed by atoms with Crippen molar-refractivity contribution in [1.29, 1.82) is 0 Å². The summed E-state index contributed by atoms with van der Waals surface area (Å²) in [4.78, 5) is 11.7. The van der Waals surface area contributed by atoms with E-state index in [-0.39, 0.29) is 24.5 Å². The molecule has 0 saturated carbocycles. The van der Waals surface area contributed by atoms with Crippen molar-refractivity contribution < 1.29 is 9.90 Å². The van der Waals surface area contributed by atoms with Gasteiger partial charge in [0.15, 0.2) is 0 Å². The van der Waals surface area contributed by atoms with E-state index in [0.717, 1.165) is 25.8 Å². The van der Waals surface area contributed by atoms with Crippen LogP contribution in [0.25, 0.3) is 0 Å². The number of piperidine rings is 1. The molecule has 120 valence electrons. The maximum atomic E-state index is 11.7. The molecule has 1 aromatic heterocycles. The summed E-state index contributed by atoms with van der Waals surface area (Å²) < 4.78 is 1.77. The minimum atomic E-state index is -0.509. The molecule has 0 aliphatic carbocycles.